The number of thiazole rings is 1. The number of hydrogen-bond donors (Lipinski definition) is 3. The third kappa shape index (κ3) is 10.7. The monoisotopic (exact) mass is 733 g/mol. The zero-order valence-corrected chi connectivity index (χ0v) is 28.3. The zero-order chi connectivity index (χ0) is 34.8. The van der Waals surface area contributed by atoms with E-state index in [2.05, 4.69) is 30.9 Å². The summed E-state index contributed by atoms with van der Waals surface area (Å²) in [5.41, 5.74) is 2.54. The Hall–Kier alpha value is -4.66. The Morgan fingerprint density at radius 1 is 1.06 bits per heavy atom. The number of alkyl halides is 1. The van der Waals surface area contributed by atoms with Crippen molar-refractivity contribution in [2.75, 3.05) is 19.0 Å². The largest absolute Gasteiger partial charge is 0.492 e. The van der Waals surface area contributed by atoms with Crippen LogP contribution >= 0.6 is 23.1 Å². The fraction of sp³-hybridized carbons (Fsp3) is 0.345. The van der Waals surface area contributed by atoms with Crippen molar-refractivity contribution in [1.29, 1.82) is 0 Å². The second-order valence-corrected chi connectivity index (χ2v) is 14.4. The molecule has 260 valence electrons. The fourth-order valence-electron chi connectivity index (χ4n) is 4.38. The Kier molecular flexibility index (Phi) is 12.1. The van der Waals surface area contributed by atoms with E-state index < -0.39 is 34.6 Å². The number of carbonyl (C=O) groups excluding carboxylic acids is 1. The maximum Gasteiger partial charge on any atom is 0.327 e. The minimum atomic E-state index is -3.92. The minimum absolute atomic E-state index is 0.0138. The number of sulfonamides is 1. The van der Waals surface area contributed by atoms with Crippen LogP contribution < -0.4 is 19.9 Å². The van der Waals surface area contributed by atoms with Gasteiger partial charge in [-0.05, 0) is 48.7 Å². The van der Waals surface area contributed by atoms with Crippen molar-refractivity contribution in [3.8, 4) is 11.5 Å². The first kappa shape index (κ1) is 35.6. The number of ether oxygens (including phenoxy) is 2. The van der Waals surface area contributed by atoms with Crippen molar-refractivity contribution in [3.63, 3.8) is 0 Å². The highest BCUT2D eigenvalue weighted by Gasteiger charge is 2.21. The van der Waals surface area contributed by atoms with Gasteiger partial charge in [0, 0.05) is 17.7 Å². The third-order valence-electron chi connectivity index (χ3n) is 6.69. The van der Waals surface area contributed by atoms with Gasteiger partial charge < -0.3 is 19.9 Å². The first-order chi connectivity index (χ1) is 23.6. The molecule has 0 fully saturated rings. The van der Waals surface area contributed by atoms with Crippen molar-refractivity contribution in [1.82, 2.24) is 40.3 Å². The van der Waals surface area contributed by atoms with E-state index in [9.17, 15) is 27.5 Å². The summed E-state index contributed by atoms with van der Waals surface area (Å²) in [6.45, 7) is 0.194. The summed E-state index contributed by atoms with van der Waals surface area (Å²) in [5.74, 6) is -0.00770. The predicted octanol–water partition coefficient (Wildman–Crippen LogP) is 2.19. The number of amides is 1. The number of aliphatic carboxylic acids is 1. The highest BCUT2D eigenvalue weighted by atomic mass is 32.2. The Bertz CT molecular complexity index is 2000. The van der Waals surface area contributed by atoms with Crippen molar-refractivity contribution in [2.45, 2.75) is 48.7 Å². The molecule has 0 saturated heterocycles. The number of carboxylic acids is 1. The average Bonchev–Trinajstić information content (AvgIpc) is 3.82. The molecule has 0 aliphatic carbocycles. The molecular weight excluding hydrogens is 702 g/mol. The molecule has 1 atom stereocenters. The lowest BCUT2D eigenvalue weighted by Gasteiger charge is -2.14. The van der Waals surface area contributed by atoms with Gasteiger partial charge >= 0.3 is 5.97 Å². The van der Waals surface area contributed by atoms with Crippen LogP contribution in [0.15, 0.2) is 59.2 Å². The highest BCUT2D eigenvalue weighted by molar-refractivity contribution is 7.98. The summed E-state index contributed by atoms with van der Waals surface area (Å²) >= 11 is 2.28. The molecule has 1 unspecified atom stereocenters. The summed E-state index contributed by atoms with van der Waals surface area (Å²) < 4.78 is 50.3. The van der Waals surface area contributed by atoms with Gasteiger partial charge in [-0.1, -0.05) is 22.6 Å². The van der Waals surface area contributed by atoms with E-state index in [0.717, 1.165) is 22.6 Å². The molecule has 0 aliphatic rings. The molecule has 3 heterocycles. The van der Waals surface area contributed by atoms with E-state index in [1.165, 1.54) is 22.6 Å². The molecule has 16 nitrogen and oxygen atoms in total. The maximum absolute atomic E-state index is 12.6. The molecule has 2 aromatic carbocycles. The van der Waals surface area contributed by atoms with E-state index in [4.69, 9.17) is 14.6 Å². The van der Waals surface area contributed by atoms with Gasteiger partial charge in [-0.3, -0.25) is 9.18 Å². The number of benzene rings is 2. The standard InChI is InChI=1S/C29H32FN9O7S3/c30-8-2-4-20-13-38(36-34-20)9-10-45-22-5-1-3-19(11-22)17-47-18-25(28(41)42)32-27(40)15-39-14-21(35-37-39)16-46-23-6-7-24-26(12-23)48-29(33-24)49(31,43)44/h1,3,5-7,11-14,25H,2,4,8-10,15-18H2,(H,32,40)(H,41,42)(H2,31,43,44). The molecule has 5 rings (SSSR count). The SMILES string of the molecule is NS(=O)(=O)c1nc2ccc(OCc3cn(CC(=O)NC(CSCc4cccc(OCCn5cc(CCCF)nn5)c4)C(=O)O)nn3)cc2s1. The lowest BCUT2D eigenvalue weighted by molar-refractivity contribution is -0.141. The summed E-state index contributed by atoms with van der Waals surface area (Å²) in [7, 11) is -3.92. The number of fused-ring (bicyclic) bond motifs is 1. The number of aromatic nitrogens is 7. The maximum atomic E-state index is 12.6. The van der Waals surface area contributed by atoms with Gasteiger partial charge in [0.1, 0.15) is 43.0 Å². The van der Waals surface area contributed by atoms with Crippen LogP contribution in [0.3, 0.4) is 0 Å². The predicted molar refractivity (Wildman–Crippen MR) is 177 cm³/mol. The van der Waals surface area contributed by atoms with E-state index >= 15 is 0 Å². The zero-order valence-electron chi connectivity index (χ0n) is 25.8. The summed E-state index contributed by atoms with van der Waals surface area (Å²) in [5, 5.41) is 33.3. The first-order valence-corrected chi connectivity index (χ1v) is 18.3. The van der Waals surface area contributed by atoms with Crippen molar-refractivity contribution < 1.29 is 37.0 Å². The quantitative estimate of drug-likeness (QED) is 0.111. The fourth-order valence-corrected chi connectivity index (χ4v) is 7.06. The topological polar surface area (TPSA) is 219 Å². The molecule has 0 aliphatic heterocycles. The van der Waals surface area contributed by atoms with Gasteiger partial charge in [0.2, 0.25) is 10.2 Å². The average molecular weight is 734 g/mol. The second-order valence-electron chi connectivity index (χ2n) is 10.6. The van der Waals surface area contributed by atoms with Gasteiger partial charge in [-0.25, -0.2) is 32.7 Å². The Morgan fingerprint density at radius 2 is 1.84 bits per heavy atom. The Balaban J connectivity index is 1.04. The molecule has 3 aromatic heterocycles. The number of carbonyl (C=O) groups is 2. The van der Waals surface area contributed by atoms with Gasteiger partial charge in [-0.2, -0.15) is 11.8 Å². The summed E-state index contributed by atoms with van der Waals surface area (Å²) in [4.78, 5) is 28.5. The number of aryl methyl sites for hydroxylation is 1. The van der Waals surface area contributed by atoms with E-state index in [1.54, 1.807) is 29.1 Å². The van der Waals surface area contributed by atoms with Crippen LogP contribution in [0.2, 0.25) is 0 Å². The molecule has 0 radical (unpaired) electrons. The molecule has 4 N–H and O–H groups in total. The normalized spacial score (nSPS) is 12.2. The van der Waals surface area contributed by atoms with Crippen LogP contribution in [-0.4, -0.2) is 85.4 Å². The summed E-state index contributed by atoms with van der Waals surface area (Å²) in [6.07, 6.45) is 4.22. The van der Waals surface area contributed by atoms with E-state index in [0.29, 0.717) is 59.2 Å². The molecular formula is C29H32FN9O7S3. The summed E-state index contributed by atoms with van der Waals surface area (Å²) in [6, 6.07) is 11.2. The number of primary sulfonamides is 1. The van der Waals surface area contributed by atoms with Crippen LogP contribution in [0.5, 0.6) is 11.5 Å². The van der Waals surface area contributed by atoms with Crippen molar-refractivity contribution >= 4 is 55.2 Å². The van der Waals surface area contributed by atoms with Gasteiger partial charge in [0.05, 0.1) is 35.3 Å². The molecule has 0 bridgehead atoms. The number of nitrogens with one attached hydrogen (secondary N) is 1. The number of thioether (sulfide) groups is 1. The first-order valence-electron chi connectivity index (χ1n) is 14.8. The van der Waals surface area contributed by atoms with Crippen LogP contribution in [-0.2, 0) is 51.5 Å². The van der Waals surface area contributed by atoms with Crippen LogP contribution in [0, 0.1) is 0 Å². The second kappa shape index (κ2) is 16.6. The number of carboxylic acid groups (broad SMARTS) is 1. The Morgan fingerprint density at radius 3 is 2.63 bits per heavy atom. The molecule has 0 saturated carbocycles. The smallest absolute Gasteiger partial charge is 0.327 e. The van der Waals surface area contributed by atoms with Crippen molar-refractivity contribution in [3.05, 3.63) is 71.8 Å². The third-order valence-corrected chi connectivity index (χ3v) is 10.1. The molecule has 49 heavy (non-hydrogen) atoms. The van der Waals surface area contributed by atoms with Crippen LogP contribution in [0.25, 0.3) is 10.2 Å². The number of hydrogen-bond acceptors (Lipinski definition) is 13. The lowest BCUT2D eigenvalue weighted by atomic mass is 10.2. The van der Waals surface area contributed by atoms with E-state index in [1.807, 2.05) is 24.3 Å². The molecule has 20 heteroatoms. The number of halogens is 1. The minimum Gasteiger partial charge on any atom is -0.492 e. The Labute approximate surface area is 287 Å². The number of rotatable bonds is 19. The highest BCUT2D eigenvalue weighted by Crippen LogP contribution is 2.28. The van der Waals surface area contributed by atoms with E-state index in [-0.39, 0.29) is 23.2 Å². The number of nitrogens with zero attached hydrogens (tertiary/aromatic N) is 7. The molecule has 5 aromatic rings. The lowest BCUT2D eigenvalue weighted by Crippen LogP contribution is -2.44. The van der Waals surface area contributed by atoms with Gasteiger partial charge in [0.25, 0.3) is 10.0 Å². The van der Waals surface area contributed by atoms with Crippen LogP contribution in [0.1, 0.15) is 23.4 Å². The van der Waals surface area contributed by atoms with Crippen LogP contribution in [0.4, 0.5) is 4.39 Å². The number of nitrogens with two attached hydrogens (primary N) is 1. The molecule has 1 amide bonds. The molecule has 0 spiro atoms. The van der Waals surface area contributed by atoms with Gasteiger partial charge in [0.15, 0.2) is 0 Å². The van der Waals surface area contributed by atoms with Crippen molar-refractivity contribution in [2.24, 2.45) is 5.14 Å². The van der Waals surface area contributed by atoms with Gasteiger partial charge in [-0.15, -0.1) is 21.5 Å².